The molecule has 1 saturated heterocycles. The van der Waals surface area contributed by atoms with Crippen LogP contribution >= 0.6 is 0 Å². The van der Waals surface area contributed by atoms with Gasteiger partial charge < -0.3 is 26.8 Å². The van der Waals surface area contributed by atoms with Gasteiger partial charge in [0.25, 0.3) is 5.91 Å². The van der Waals surface area contributed by atoms with Crippen LogP contribution in [0.2, 0.25) is 0 Å². The van der Waals surface area contributed by atoms with Gasteiger partial charge in [0.2, 0.25) is 0 Å². The molecule has 0 atom stereocenters. The van der Waals surface area contributed by atoms with Crippen LogP contribution in [0.3, 0.4) is 0 Å². The number of nitrogens with two attached hydrogens (primary N) is 2. The molecule has 8 nitrogen and oxygen atoms in total. The monoisotopic (exact) mass is 408 g/mol. The summed E-state index contributed by atoms with van der Waals surface area (Å²) in [6, 6.07) is 7.47. The maximum atomic E-state index is 12.0. The zero-order valence-corrected chi connectivity index (χ0v) is 17.2. The minimum atomic E-state index is -0.630. The fraction of sp³-hybridized carbons (Fsp3) is 0.409. The number of carbonyl (C=O) groups excluding carboxylic acids is 1. The molecule has 30 heavy (non-hydrogen) atoms. The van der Waals surface area contributed by atoms with E-state index in [-0.39, 0.29) is 12.2 Å². The van der Waals surface area contributed by atoms with Crippen LogP contribution in [0, 0.1) is 17.8 Å². The van der Waals surface area contributed by atoms with Gasteiger partial charge in [-0.05, 0) is 43.4 Å². The molecule has 158 valence electrons. The highest BCUT2D eigenvalue weighted by molar-refractivity contribution is 5.96. The fourth-order valence-electron chi connectivity index (χ4n) is 3.27. The SMILES string of the molecule is CCc1nc(C(N)=O)c(Nc2cccc(C#CCN)c2)nc1NCC1CCOCC1. The van der Waals surface area contributed by atoms with Crippen molar-refractivity contribution in [3.63, 3.8) is 0 Å². The molecule has 0 spiro atoms. The van der Waals surface area contributed by atoms with E-state index in [1.807, 2.05) is 31.2 Å². The maximum Gasteiger partial charge on any atom is 0.271 e. The molecule has 1 amide bonds. The van der Waals surface area contributed by atoms with Gasteiger partial charge in [0.1, 0.15) is 5.82 Å². The number of rotatable bonds is 7. The van der Waals surface area contributed by atoms with E-state index < -0.39 is 5.91 Å². The van der Waals surface area contributed by atoms with Crippen molar-refractivity contribution in [1.29, 1.82) is 0 Å². The Hall–Kier alpha value is -3.15. The number of amides is 1. The van der Waals surface area contributed by atoms with Crippen LogP contribution in [-0.2, 0) is 11.2 Å². The summed E-state index contributed by atoms with van der Waals surface area (Å²) in [5.41, 5.74) is 13.4. The molecule has 3 rings (SSSR count). The van der Waals surface area contributed by atoms with Crippen molar-refractivity contribution in [2.45, 2.75) is 26.2 Å². The molecule has 0 aliphatic carbocycles. The average molecular weight is 409 g/mol. The number of nitrogens with zero attached hydrogens (tertiary/aromatic N) is 2. The van der Waals surface area contributed by atoms with E-state index in [0.29, 0.717) is 29.7 Å². The normalized spacial score (nSPS) is 13.9. The van der Waals surface area contributed by atoms with Crippen molar-refractivity contribution < 1.29 is 9.53 Å². The lowest BCUT2D eigenvalue weighted by Gasteiger charge is -2.23. The van der Waals surface area contributed by atoms with Crippen molar-refractivity contribution in [3.05, 3.63) is 41.2 Å². The second kappa shape index (κ2) is 10.6. The molecule has 0 saturated carbocycles. The number of aryl methyl sites for hydroxylation is 1. The molecule has 0 radical (unpaired) electrons. The number of ether oxygens (including phenoxy) is 1. The molecule has 0 bridgehead atoms. The first-order chi connectivity index (χ1) is 14.6. The summed E-state index contributed by atoms with van der Waals surface area (Å²) in [5, 5.41) is 6.57. The highest BCUT2D eigenvalue weighted by atomic mass is 16.5. The van der Waals surface area contributed by atoms with Crippen molar-refractivity contribution >= 4 is 23.2 Å². The Morgan fingerprint density at radius 3 is 2.77 bits per heavy atom. The van der Waals surface area contributed by atoms with Crippen LogP contribution in [0.1, 0.15) is 41.5 Å². The molecule has 0 unspecified atom stereocenters. The number of anilines is 3. The molecule has 1 aliphatic rings. The van der Waals surface area contributed by atoms with Gasteiger partial charge in [-0.1, -0.05) is 24.8 Å². The van der Waals surface area contributed by atoms with Crippen LogP contribution in [0.25, 0.3) is 0 Å². The van der Waals surface area contributed by atoms with Crippen LogP contribution in [0.15, 0.2) is 24.3 Å². The summed E-state index contributed by atoms with van der Waals surface area (Å²) in [4.78, 5) is 21.2. The lowest BCUT2D eigenvalue weighted by atomic mass is 10.0. The van der Waals surface area contributed by atoms with E-state index in [2.05, 4.69) is 32.4 Å². The lowest BCUT2D eigenvalue weighted by molar-refractivity contribution is 0.0699. The fourth-order valence-corrected chi connectivity index (χ4v) is 3.27. The van der Waals surface area contributed by atoms with Gasteiger partial charge in [-0.2, -0.15) is 0 Å². The van der Waals surface area contributed by atoms with Crippen molar-refractivity contribution in [3.8, 4) is 11.8 Å². The van der Waals surface area contributed by atoms with Crippen molar-refractivity contribution in [1.82, 2.24) is 9.97 Å². The smallest absolute Gasteiger partial charge is 0.271 e. The van der Waals surface area contributed by atoms with E-state index in [9.17, 15) is 4.79 Å². The molecule has 1 fully saturated rings. The van der Waals surface area contributed by atoms with E-state index in [4.69, 9.17) is 16.2 Å². The summed E-state index contributed by atoms with van der Waals surface area (Å²) >= 11 is 0. The number of aromatic nitrogens is 2. The zero-order chi connectivity index (χ0) is 21.3. The van der Waals surface area contributed by atoms with Gasteiger partial charge >= 0.3 is 0 Å². The van der Waals surface area contributed by atoms with E-state index in [0.717, 1.165) is 43.9 Å². The molecule has 2 aromatic rings. The first-order valence-electron chi connectivity index (χ1n) is 10.2. The third-order valence-electron chi connectivity index (χ3n) is 4.90. The number of hydrogen-bond acceptors (Lipinski definition) is 7. The highest BCUT2D eigenvalue weighted by Crippen LogP contribution is 2.24. The number of nitrogens with one attached hydrogen (secondary N) is 2. The van der Waals surface area contributed by atoms with E-state index in [1.54, 1.807) is 0 Å². The Kier molecular flexibility index (Phi) is 7.60. The van der Waals surface area contributed by atoms with Gasteiger partial charge in [-0.3, -0.25) is 4.79 Å². The summed E-state index contributed by atoms with van der Waals surface area (Å²) in [7, 11) is 0. The quantitative estimate of drug-likeness (QED) is 0.516. The van der Waals surface area contributed by atoms with Crippen LogP contribution in [0.4, 0.5) is 17.3 Å². The minimum absolute atomic E-state index is 0.113. The van der Waals surface area contributed by atoms with Crippen molar-refractivity contribution in [2.75, 3.05) is 36.9 Å². The van der Waals surface area contributed by atoms with Gasteiger partial charge in [-0.15, -0.1) is 0 Å². The molecular formula is C22H28N6O2. The third-order valence-corrected chi connectivity index (χ3v) is 4.90. The Morgan fingerprint density at radius 1 is 1.27 bits per heavy atom. The third kappa shape index (κ3) is 5.69. The van der Waals surface area contributed by atoms with Crippen LogP contribution in [-0.4, -0.2) is 42.2 Å². The number of benzene rings is 1. The second-order valence-corrected chi connectivity index (χ2v) is 7.08. The summed E-state index contributed by atoms with van der Waals surface area (Å²) < 4.78 is 5.42. The molecule has 1 aromatic heterocycles. The average Bonchev–Trinajstić information content (AvgIpc) is 2.77. The number of primary amides is 1. The molecule has 1 aromatic carbocycles. The lowest BCUT2D eigenvalue weighted by Crippen LogP contribution is -2.24. The Labute approximate surface area is 176 Å². The standard InChI is InChI=1S/C22H28N6O2/c1-2-18-21(25-14-16-8-11-30-12-9-16)28-22(19(27-18)20(24)29)26-17-7-3-5-15(13-17)6-4-10-23/h3,5,7,13,16H,2,8-12,14,23H2,1H3,(H2,24,29)(H2,25,26,28). The van der Waals surface area contributed by atoms with Gasteiger partial charge in [0.05, 0.1) is 12.2 Å². The summed E-state index contributed by atoms with van der Waals surface area (Å²) in [6.45, 7) is 4.62. The topological polar surface area (TPSA) is 128 Å². The molecular weight excluding hydrogens is 380 g/mol. The molecule has 2 heterocycles. The number of hydrogen-bond donors (Lipinski definition) is 4. The highest BCUT2D eigenvalue weighted by Gasteiger charge is 2.19. The van der Waals surface area contributed by atoms with E-state index in [1.165, 1.54) is 0 Å². The predicted octanol–water partition coefficient (Wildman–Crippen LogP) is 2.03. The van der Waals surface area contributed by atoms with Gasteiger partial charge in [-0.25, -0.2) is 9.97 Å². The van der Waals surface area contributed by atoms with Crippen LogP contribution < -0.4 is 22.1 Å². The first kappa shape index (κ1) is 21.6. The minimum Gasteiger partial charge on any atom is -0.381 e. The second-order valence-electron chi connectivity index (χ2n) is 7.08. The summed E-state index contributed by atoms with van der Waals surface area (Å²) in [6.07, 6.45) is 2.67. The predicted molar refractivity (Wildman–Crippen MR) is 118 cm³/mol. The van der Waals surface area contributed by atoms with E-state index >= 15 is 0 Å². The molecule has 1 aliphatic heterocycles. The van der Waals surface area contributed by atoms with Gasteiger partial charge in [0, 0.05) is 31.0 Å². The first-order valence-corrected chi connectivity index (χ1v) is 10.2. The van der Waals surface area contributed by atoms with Crippen LogP contribution in [0.5, 0.6) is 0 Å². The van der Waals surface area contributed by atoms with Crippen molar-refractivity contribution in [2.24, 2.45) is 17.4 Å². The molecule has 6 N–H and O–H groups in total. The Morgan fingerprint density at radius 2 is 2.07 bits per heavy atom. The van der Waals surface area contributed by atoms with Gasteiger partial charge in [0.15, 0.2) is 11.5 Å². The molecule has 8 heteroatoms. The maximum absolute atomic E-state index is 12.0. The number of carbonyl (C=O) groups is 1. The Balaban J connectivity index is 1.87. The zero-order valence-electron chi connectivity index (χ0n) is 17.2. The largest absolute Gasteiger partial charge is 0.381 e. The summed E-state index contributed by atoms with van der Waals surface area (Å²) in [5.74, 6) is 6.69. The Bertz CT molecular complexity index is 944.